The summed E-state index contributed by atoms with van der Waals surface area (Å²) in [5.74, 6) is 0. The van der Waals surface area contributed by atoms with Crippen molar-refractivity contribution in [3.8, 4) is 0 Å². The van der Waals surface area contributed by atoms with Gasteiger partial charge in [-0.1, -0.05) is 51.1 Å². The molecule has 1 aliphatic rings. The lowest BCUT2D eigenvalue weighted by Crippen LogP contribution is -2.59. The first-order chi connectivity index (χ1) is 9.95. The van der Waals surface area contributed by atoms with Crippen molar-refractivity contribution in [2.45, 2.75) is 39.8 Å². The Morgan fingerprint density at radius 3 is 2.48 bits per heavy atom. The molecule has 1 saturated heterocycles. The van der Waals surface area contributed by atoms with E-state index in [0.717, 1.165) is 13.1 Å². The lowest BCUT2D eigenvalue weighted by atomic mass is 9.84. The molecule has 1 N–H and O–H groups in total. The number of hydrogen-bond donors (Lipinski definition) is 1. The van der Waals surface area contributed by atoms with E-state index < -0.39 is 0 Å². The summed E-state index contributed by atoms with van der Waals surface area (Å²) >= 11 is 0. The summed E-state index contributed by atoms with van der Waals surface area (Å²) in [6, 6.07) is 16.5. The van der Waals surface area contributed by atoms with E-state index in [1.165, 1.54) is 16.5 Å². The zero-order valence-corrected chi connectivity index (χ0v) is 13.6. The molecule has 0 aromatic heterocycles. The maximum absolute atomic E-state index is 3.70. The van der Waals surface area contributed by atoms with Gasteiger partial charge in [-0.2, -0.15) is 0 Å². The van der Waals surface area contributed by atoms with Gasteiger partial charge in [0.25, 0.3) is 0 Å². The van der Waals surface area contributed by atoms with E-state index in [1.807, 2.05) is 0 Å². The molecule has 3 rings (SSSR count). The Kier molecular flexibility index (Phi) is 3.66. The monoisotopic (exact) mass is 282 g/mol. The second-order valence-corrected chi connectivity index (χ2v) is 7.36. The van der Waals surface area contributed by atoms with E-state index >= 15 is 0 Å². The lowest BCUT2D eigenvalue weighted by molar-refractivity contribution is 0.239. The van der Waals surface area contributed by atoms with Crippen LogP contribution >= 0.6 is 0 Å². The summed E-state index contributed by atoms with van der Waals surface area (Å²) in [4.78, 5) is 2.55. The number of piperazine rings is 1. The molecule has 0 radical (unpaired) electrons. The van der Waals surface area contributed by atoms with Crippen molar-refractivity contribution in [3.63, 3.8) is 0 Å². The second-order valence-electron chi connectivity index (χ2n) is 7.36. The molecule has 2 atom stereocenters. The summed E-state index contributed by atoms with van der Waals surface area (Å²) in [6.45, 7) is 11.4. The molecule has 0 aliphatic carbocycles. The van der Waals surface area contributed by atoms with E-state index in [0.29, 0.717) is 12.1 Å². The molecule has 2 nitrogen and oxygen atoms in total. The molecule has 2 unspecified atom stereocenters. The van der Waals surface area contributed by atoms with E-state index in [1.54, 1.807) is 0 Å². The summed E-state index contributed by atoms with van der Waals surface area (Å²) in [5.41, 5.74) is 1.63. The van der Waals surface area contributed by atoms with Crippen molar-refractivity contribution in [2.75, 3.05) is 18.0 Å². The van der Waals surface area contributed by atoms with Gasteiger partial charge in [-0.05, 0) is 35.2 Å². The first-order valence-electron chi connectivity index (χ1n) is 7.94. The predicted octanol–water partition coefficient (Wildman–Crippen LogP) is 4.05. The van der Waals surface area contributed by atoms with Gasteiger partial charge in [0, 0.05) is 30.9 Å². The summed E-state index contributed by atoms with van der Waals surface area (Å²) in [5, 5.41) is 6.35. The van der Waals surface area contributed by atoms with Crippen molar-refractivity contribution in [2.24, 2.45) is 5.41 Å². The number of fused-ring (bicyclic) bond motifs is 1. The minimum atomic E-state index is 0.287. The summed E-state index contributed by atoms with van der Waals surface area (Å²) in [7, 11) is 0. The molecule has 1 aliphatic heterocycles. The van der Waals surface area contributed by atoms with Crippen LogP contribution in [0, 0.1) is 5.41 Å². The zero-order valence-electron chi connectivity index (χ0n) is 13.6. The van der Waals surface area contributed by atoms with E-state index in [9.17, 15) is 0 Å². The molecule has 0 bridgehead atoms. The van der Waals surface area contributed by atoms with Crippen molar-refractivity contribution in [1.29, 1.82) is 0 Å². The third kappa shape index (κ3) is 2.91. The maximum Gasteiger partial charge on any atom is 0.0387 e. The van der Waals surface area contributed by atoms with Gasteiger partial charge < -0.3 is 10.2 Å². The molecular formula is C19H26N2. The Morgan fingerprint density at radius 1 is 1.05 bits per heavy atom. The normalized spacial score (nSPS) is 23.5. The maximum atomic E-state index is 3.70. The fourth-order valence-corrected chi connectivity index (χ4v) is 3.16. The molecule has 2 heteroatoms. The first kappa shape index (κ1) is 14.4. The van der Waals surface area contributed by atoms with Crippen molar-refractivity contribution >= 4 is 16.5 Å². The fourth-order valence-electron chi connectivity index (χ4n) is 3.16. The zero-order chi connectivity index (χ0) is 15.0. The van der Waals surface area contributed by atoms with Crippen LogP contribution < -0.4 is 10.2 Å². The molecule has 0 spiro atoms. The minimum absolute atomic E-state index is 0.287. The van der Waals surface area contributed by atoms with E-state index in [-0.39, 0.29) is 5.41 Å². The van der Waals surface area contributed by atoms with Crippen molar-refractivity contribution in [1.82, 2.24) is 5.32 Å². The van der Waals surface area contributed by atoms with E-state index in [2.05, 4.69) is 80.4 Å². The highest BCUT2D eigenvalue weighted by molar-refractivity contribution is 5.85. The number of nitrogens with zero attached hydrogens (tertiary/aromatic N) is 1. The number of hydrogen-bond acceptors (Lipinski definition) is 2. The van der Waals surface area contributed by atoms with Crippen LogP contribution in [-0.4, -0.2) is 25.2 Å². The molecule has 21 heavy (non-hydrogen) atoms. The molecule has 2 aromatic rings. The van der Waals surface area contributed by atoms with Gasteiger partial charge in [0.05, 0.1) is 0 Å². The third-order valence-electron chi connectivity index (χ3n) is 4.68. The highest BCUT2D eigenvalue weighted by Crippen LogP contribution is 2.29. The Hall–Kier alpha value is -1.54. The lowest BCUT2D eigenvalue weighted by Gasteiger charge is -2.45. The first-order valence-corrected chi connectivity index (χ1v) is 7.94. The van der Waals surface area contributed by atoms with Crippen LogP contribution in [0.4, 0.5) is 5.69 Å². The van der Waals surface area contributed by atoms with Crippen LogP contribution in [0.5, 0.6) is 0 Å². The summed E-state index contributed by atoms with van der Waals surface area (Å²) < 4.78 is 0. The van der Waals surface area contributed by atoms with Gasteiger partial charge in [-0.25, -0.2) is 0 Å². The van der Waals surface area contributed by atoms with Gasteiger partial charge in [-0.3, -0.25) is 0 Å². The SMILES string of the molecule is CC1CNC(C(C)(C)C)CN1c1ccc2ccccc2c1. The largest absolute Gasteiger partial charge is 0.366 e. The Labute approximate surface area is 128 Å². The Bertz CT molecular complexity index is 627. The minimum Gasteiger partial charge on any atom is -0.366 e. The van der Waals surface area contributed by atoms with Crippen LogP contribution in [0.15, 0.2) is 42.5 Å². The van der Waals surface area contributed by atoms with Crippen LogP contribution in [0.2, 0.25) is 0 Å². The molecule has 112 valence electrons. The van der Waals surface area contributed by atoms with Crippen molar-refractivity contribution in [3.05, 3.63) is 42.5 Å². The van der Waals surface area contributed by atoms with Crippen LogP contribution in [0.3, 0.4) is 0 Å². The number of anilines is 1. The van der Waals surface area contributed by atoms with Crippen LogP contribution in [-0.2, 0) is 0 Å². The summed E-state index contributed by atoms with van der Waals surface area (Å²) in [6.07, 6.45) is 0. The average molecular weight is 282 g/mol. The highest BCUT2D eigenvalue weighted by Gasteiger charge is 2.32. The Morgan fingerprint density at radius 2 is 1.76 bits per heavy atom. The van der Waals surface area contributed by atoms with Crippen LogP contribution in [0.1, 0.15) is 27.7 Å². The number of benzene rings is 2. The number of nitrogens with one attached hydrogen (secondary N) is 1. The smallest absolute Gasteiger partial charge is 0.0387 e. The predicted molar refractivity (Wildman–Crippen MR) is 92.0 cm³/mol. The standard InChI is InChI=1S/C19H26N2/c1-14-12-20-18(19(2,3)4)13-21(14)17-10-9-15-7-5-6-8-16(15)11-17/h5-11,14,18,20H,12-13H2,1-4H3. The topological polar surface area (TPSA) is 15.3 Å². The van der Waals surface area contributed by atoms with Gasteiger partial charge in [0.15, 0.2) is 0 Å². The molecular weight excluding hydrogens is 256 g/mol. The van der Waals surface area contributed by atoms with Crippen LogP contribution in [0.25, 0.3) is 10.8 Å². The molecule has 1 fully saturated rings. The quantitative estimate of drug-likeness (QED) is 0.849. The molecule has 2 aromatic carbocycles. The molecule has 0 saturated carbocycles. The van der Waals surface area contributed by atoms with Gasteiger partial charge >= 0.3 is 0 Å². The van der Waals surface area contributed by atoms with Gasteiger partial charge in [0.1, 0.15) is 0 Å². The highest BCUT2D eigenvalue weighted by atomic mass is 15.2. The number of rotatable bonds is 1. The third-order valence-corrected chi connectivity index (χ3v) is 4.68. The van der Waals surface area contributed by atoms with Crippen molar-refractivity contribution < 1.29 is 0 Å². The fraction of sp³-hybridized carbons (Fsp3) is 0.474. The second kappa shape index (κ2) is 5.34. The molecule has 0 amide bonds. The van der Waals surface area contributed by atoms with Gasteiger partial charge in [-0.15, -0.1) is 0 Å². The molecule has 1 heterocycles. The average Bonchev–Trinajstić information content (AvgIpc) is 2.46. The van der Waals surface area contributed by atoms with E-state index in [4.69, 9.17) is 0 Å². The Balaban J connectivity index is 1.92. The van der Waals surface area contributed by atoms with Gasteiger partial charge in [0.2, 0.25) is 0 Å².